The molecule has 0 radical (unpaired) electrons. The Labute approximate surface area is 87.5 Å². The summed E-state index contributed by atoms with van der Waals surface area (Å²) < 4.78 is 5.03. The highest BCUT2D eigenvalue weighted by Crippen LogP contribution is 2.27. The molecule has 2 unspecified atom stereocenters. The zero-order valence-corrected chi connectivity index (χ0v) is 8.35. The lowest BCUT2D eigenvalue weighted by Gasteiger charge is -2.23. The molecule has 1 aromatic heterocycles. The van der Waals surface area contributed by atoms with Gasteiger partial charge in [-0.2, -0.15) is 0 Å². The Morgan fingerprint density at radius 1 is 1.60 bits per heavy atom. The van der Waals surface area contributed by atoms with E-state index in [1.165, 1.54) is 12.6 Å². The average molecular weight is 207 g/mol. The molecule has 2 bridgehead atoms. The van der Waals surface area contributed by atoms with E-state index in [1.54, 1.807) is 0 Å². The van der Waals surface area contributed by atoms with Gasteiger partial charge in [0.05, 0.1) is 6.20 Å². The first kappa shape index (κ1) is 8.91. The second-order valence-electron chi connectivity index (χ2n) is 4.24. The predicted molar refractivity (Wildman–Crippen MR) is 52.3 cm³/mol. The van der Waals surface area contributed by atoms with Crippen molar-refractivity contribution in [3.05, 3.63) is 18.4 Å². The minimum Gasteiger partial charge on any atom is -0.438 e. The quantitative estimate of drug-likeness (QED) is 0.710. The Balaban J connectivity index is 1.80. The van der Waals surface area contributed by atoms with Crippen LogP contribution in [-0.4, -0.2) is 41.5 Å². The number of nitrogens with one attached hydrogen (secondary N) is 1. The van der Waals surface area contributed by atoms with Crippen LogP contribution in [0.3, 0.4) is 0 Å². The van der Waals surface area contributed by atoms with E-state index in [9.17, 15) is 4.79 Å². The number of oxazole rings is 1. The van der Waals surface area contributed by atoms with Crippen LogP contribution in [0.15, 0.2) is 17.0 Å². The number of fused-ring (bicyclic) bond motifs is 2. The second kappa shape index (κ2) is 3.34. The molecule has 3 rings (SSSR count). The molecule has 15 heavy (non-hydrogen) atoms. The van der Waals surface area contributed by atoms with Gasteiger partial charge in [-0.25, -0.2) is 4.98 Å². The highest BCUT2D eigenvalue weighted by molar-refractivity contribution is 5.91. The van der Waals surface area contributed by atoms with Crippen LogP contribution in [-0.2, 0) is 0 Å². The number of hydrogen-bond donors (Lipinski definition) is 1. The molecule has 5 nitrogen and oxygen atoms in total. The third kappa shape index (κ3) is 1.43. The normalized spacial score (nSPS) is 29.5. The summed E-state index contributed by atoms with van der Waals surface area (Å²) in [5.41, 5.74) is 0. The number of piperidine rings is 1. The summed E-state index contributed by atoms with van der Waals surface area (Å²) in [7, 11) is 0. The van der Waals surface area contributed by atoms with E-state index >= 15 is 0 Å². The van der Waals surface area contributed by atoms with Gasteiger partial charge >= 0.3 is 0 Å². The van der Waals surface area contributed by atoms with Crippen molar-refractivity contribution in [2.75, 3.05) is 19.6 Å². The first-order valence-electron chi connectivity index (χ1n) is 5.25. The maximum atomic E-state index is 12.0. The number of nitrogens with zero attached hydrogens (tertiary/aromatic N) is 2. The summed E-state index contributed by atoms with van der Waals surface area (Å²) in [5.74, 6) is 0.932. The summed E-state index contributed by atoms with van der Waals surface area (Å²) in [5, 5.41) is 3.34. The summed E-state index contributed by atoms with van der Waals surface area (Å²) in [6.45, 7) is 2.77. The molecular weight excluding hydrogens is 194 g/mol. The van der Waals surface area contributed by atoms with Crippen LogP contribution in [0.4, 0.5) is 0 Å². The molecule has 3 heterocycles. The zero-order valence-electron chi connectivity index (χ0n) is 8.35. The van der Waals surface area contributed by atoms with Gasteiger partial charge < -0.3 is 14.6 Å². The Kier molecular flexibility index (Phi) is 1.98. The van der Waals surface area contributed by atoms with Crippen molar-refractivity contribution < 1.29 is 9.21 Å². The summed E-state index contributed by atoms with van der Waals surface area (Å²) >= 11 is 0. The van der Waals surface area contributed by atoms with Crippen LogP contribution in [0.1, 0.15) is 17.0 Å². The Morgan fingerprint density at radius 3 is 3.27 bits per heavy atom. The van der Waals surface area contributed by atoms with Crippen molar-refractivity contribution in [1.29, 1.82) is 0 Å². The minimum atomic E-state index is -0.0244. The summed E-state index contributed by atoms with van der Waals surface area (Å²) in [6.07, 6.45) is 3.90. The molecule has 2 aliphatic heterocycles. The number of likely N-dealkylation sites (tertiary alicyclic amines) is 1. The van der Waals surface area contributed by atoms with Crippen LogP contribution >= 0.6 is 0 Å². The molecule has 0 aliphatic carbocycles. The fraction of sp³-hybridized carbons (Fsp3) is 0.600. The lowest BCUT2D eigenvalue weighted by molar-refractivity contribution is 0.0708. The number of rotatable bonds is 1. The summed E-state index contributed by atoms with van der Waals surface area (Å²) in [6, 6.07) is 0.335. The van der Waals surface area contributed by atoms with Gasteiger partial charge in [-0.1, -0.05) is 0 Å². The van der Waals surface area contributed by atoms with E-state index in [2.05, 4.69) is 10.3 Å². The highest BCUT2D eigenvalue weighted by atomic mass is 16.3. The molecule has 2 fully saturated rings. The van der Waals surface area contributed by atoms with Gasteiger partial charge in [0.1, 0.15) is 0 Å². The largest absolute Gasteiger partial charge is 0.438 e. The first-order valence-corrected chi connectivity index (χ1v) is 5.25. The van der Waals surface area contributed by atoms with Crippen LogP contribution in [0, 0.1) is 5.92 Å². The number of amides is 1. The number of aromatic nitrogens is 1. The van der Waals surface area contributed by atoms with Crippen LogP contribution in [0.2, 0.25) is 0 Å². The van der Waals surface area contributed by atoms with E-state index in [0.717, 1.165) is 26.1 Å². The maximum Gasteiger partial charge on any atom is 0.291 e. The Morgan fingerprint density at radius 2 is 2.53 bits per heavy atom. The monoisotopic (exact) mass is 207 g/mol. The maximum absolute atomic E-state index is 12.0. The van der Waals surface area contributed by atoms with Crippen molar-refractivity contribution in [3.8, 4) is 0 Å². The molecule has 2 saturated heterocycles. The third-order valence-electron chi connectivity index (χ3n) is 3.22. The van der Waals surface area contributed by atoms with E-state index in [-0.39, 0.29) is 5.91 Å². The van der Waals surface area contributed by atoms with Gasteiger partial charge in [0.15, 0.2) is 6.39 Å². The summed E-state index contributed by atoms with van der Waals surface area (Å²) in [4.78, 5) is 17.7. The van der Waals surface area contributed by atoms with Crippen molar-refractivity contribution in [1.82, 2.24) is 15.2 Å². The van der Waals surface area contributed by atoms with Crippen LogP contribution < -0.4 is 5.32 Å². The van der Waals surface area contributed by atoms with Crippen molar-refractivity contribution >= 4 is 5.91 Å². The van der Waals surface area contributed by atoms with E-state index in [4.69, 9.17) is 4.42 Å². The van der Waals surface area contributed by atoms with E-state index < -0.39 is 0 Å². The fourth-order valence-corrected chi connectivity index (χ4v) is 2.52. The van der Waals surface area contributed by atoms with E-state index in [1.807, 2.05) is 4.90 Å². The molecule has 1 amide bonds. The highest BCUT2D eigenvalue weighted by Gasteiger charge is 2.38. The lowest BCUT2D eigenvalue weighted by atomic mass is 10.0. The van der Waals surface area contributed by atoms with Gasteiger partial charge in [-0.3, -0.25) is 4.79 Å². The van der Waals surface area contributed by atoms with E-state index in [0.29, 0.717) is 17.7 Å². The van der Waals surface area contributed by atoms with Crippen molar-refractivity contribution in [2.24, 2.45) is 5.92 Å². The number of carbonyl (C=O) groups is 1. The van der Waals surface area contributed by atoms with Crippen LogP contribution in [0.25, 0.3) is 0 Å². The molecule has 80 valence electrons. The molecular formula is C10H13N3O2. The van der Waals surface area contributed by atoms with Gasteiger partial charge in [-0.15, -0.1) is 0 Å². The molecule has 2 atom stereocenters. The van der Waals surface area contributed by atoms with Crippen LogP contribution in [0.5, 0.6) is 0 Å². The fourth-order valence-electron chi connectivity index (χ4n) is 2.52. The molecule has 2 aliphatic rings. The van der Waals surface area contributed by atoms with Gasteiger partial charge in [0.2, 0.25) is 5.76 Å². The second-order valence-corrected chi connectivity index (χ2v) is 4.24. The first-order chi connectivity index (χ1) is 7.34. The van der Waals surface area contributed by atoms with Gasteiger partial charge in [0, 0.05) is 19.1 Å². The Bertz CT molecular complexity index is 363. The smallest absolute Gasteiger partial charge is 0.291 e. The molecule has 0 aromatic carbocycles. The molecule has 5 heteroatoms. The molecule has 0 spiro atoms. The zero-order chi connectivity index (χ0) is 10.3. The molecule has 1 N–H and O–H groups in total. The number of carbonyl (C=O) groups excluding carboxylic acids is 1. The molecule has 1 aromatic rings. The minimum absolute atomic E-state index is 0.0244. The average Bonchev–Trinajstić information content (AvgIpc) is 2.86. The standard InChI is InChI=1S/C10H13N3O2/c14-10(9-4-12-6-15-9)13-5-7-1-8(13)3-11-2-7/h4,6-8,11H,1-3,5H2. The third-order valence-corrected chi connectivity index (χ3v) is 3.22. The SMILES string of the molecule is O=C(c1cnco1)N1CC2CNCC1C2. The van der Waals surface area contributed by atoms with Gasteiger partial charge in [-0.05, 0) is 18.9 Å². The van der Waals surface area contributed by atoms with Crippen molar-refractivity contribution in [2.45, 2.75) is 12.5 Å². The lowest BCUT2D eigenvalue weighted by Crippen LogP contribution is -2.41. The topological polar surface area (TPSA) is 58.4 Å². The molecule has 0 saturated carbocycles. The van der Waals surface area contributed by atoms with Crippen molar-refractivity contribution in [3.63, 3.8) is 0 Å². The van der Waals surface area contributed by atoms with Gasteiger partial charge in [0.25, 0.3) is 5.91 Å². The predicted octanol–water partition coefficient (Wildman–Crippen LogP) is 0.108. The Hall–Kier alpha value is -1.36. The number of hydrogen-bond acceptors (Lipinski definition) is 4.